The Labute approximate surface area is 68.4 Å². The summed E-state index contributed by atoms with van der Waals surface area (Å²) in [6.07, 6.45) is 5.67. The lowest BCUT2D eigenvalue weighted by Gasteiger charge is -2.21. The standard InChI is InChI=1S/C10H16O/c1-8-3-5-10(6-4-8)9(2)7-11/h3,10-11H,2,4-7H2,1H3/t10-/m0/s1. The third kappa shape index (κ3) is 2.19. The van der Waals surface area contributed by atoms with Crippen molar-refractivity contribution in [2.75, 3.05) is 6.61 Å². The first-order valence-electron chi connectivity index (χ1n) is 4.18. The average molecular weight is 152 g/mol. The number of hydrogen-bond acceptors (Lipinski definition) is 1. The summed E-state index contributed by atoms with van der Waals surface area (Å²) < 4.78 is 0. The van der Waals surface area contributed by atoms with Crippen LogP contribution in [0.4, 0.5) is 0 Å². The fourth-order valence-corrected chi connectivity index (χ4v) is 1.47. The molecule has 0 fully saturated rings. The van der Waals surface area contributed by atoms with Crippen molar-refractivity contribution >= 4 is 0 Å². The van der Waals surface area contributed by atoms with Crippen LogP contribution < -0.4 is 0 Å². The summed E-state index contributed by atoms with van der Waals surface area (Å²) in [5.74, 6) is 0.531. The molecule has 62 valence electrons. The first-order valence-corrected chi connectivity index (χ1v) is 4.18. The minimum absolute atomic E-state index is 0.150. The molecule has 0 spiro atoms. The maximum Gasteiger partial charge on any atom is 0.0641 e. The third-order valence-electron chi connectivity index (χ3n) is 2.42. The van der Waals surface area contributed by atoms with Crippen molar-refractivity contribution in [1.82, 2.24) is 0 Å². The molecule has 0 aromatic rings. The summed E-state index contributed by atoms with van der Waals surface area (Å²) in [7, 11) is 0. The molecule has 0 saturated carbocycles. The van der Waals surface area contributed by atoms with Gasteiger partial charge in [-0.1, -0.05) is 18.2 Å². The highest BCUT2D eigenvalue weighted by Crippen LogP contribution is 2.27. The molecule has 1 nitrogen and oxygen atoms in total. The van der Waals surface area contributed by atoms with Gasteiger partial charge in [0.25, 0.3) is 0 Å². The van der Waals surface area contributed by atoms with E-state index >= 15 is 0 Å². The Hall–Kier alpha value is -0.560. The number of rotatable bonds is 2. The van der Waals surface area contributed by atoms with Crippen LogP contribution in [0.2, 0.25) is 0 Å². The second-order valence-corrected chi connectivity index (χ2v) is 3.34. The predicted octanol–water partition coefficient (Wildman–Crippen LogP) is 2.28. The van der Waals surface area contributed by atoms with E-state index in [2.05, 4.69) is 19.6 Å². The van der Waals surface area contributed by atoms with Crippen LogP contribution in [-0.2, 0) is 0 Å². The quantitative estimate of drug-likeness (QED) is 0.602. The Kier molecular flexibility index (Phi) is 2.89. The molecule has 1 atom stereocenters. The van der Waals surface area contributed by atoms with Gasteiger partial charge in [0.05, 0.1) is 6.61 Å². The zero-order valence-corrected chi connectivity index (χ0v) is 7.14. The van der Waals surface area contributed by atoms with E-state index < -0.39 is 0 Å². The molecule has 1 aliphatic rings. The van der Waals surface area contributed by atoms with Crippen LogP contribution in [0.3, 0.4) is 0 Å². The fourth-order valence-electron chi connectivity index (χ4n) is 1.47. The molecule has 1 aliphatic carbocycles. The van der Waals surface area contributed by atoms with E-state index in [4.69, 9.17) is 5.11 Å². The SMILES string of the molecule is C=C(CO)[C@H]1CC=C(C)CC1. The van der Waals surface area contributed by atoms with Gasteiger partial charge in [-0.05, 0) is 37.7 Å². The molecule has 1 heteroatoms. The smallest absolute Gasteiger partial charge is 0.0641 e. The zero-order valence-electron chi connectivity index (χ0n) is 7.14. The lowest BCUT2D eigenvalue weighted by Crippen LogP contribution is -2.09. The molecule has 0 unspecified atom stereocenters. The van der Waals surface area contributed by atoms with E-state index in [-0.39, 0.29) is 6.61 Å². The molecule has 0 aromatic carbocycles. The van der Waals surface area contributed by atoms with E-state index in [1.165, 1.54) is 18.4 Å². The largest absolute Gasteiger partial charge is 0.392 e. The molecular weight excluding hydrogens is 136 g/mol. The maximum absolute atomic E-state index is 8.83. The molecule has 0 saturated heterocycles. The van der Waals surface area contributed by atoms with Crippen molar-refractivity contribution in [1.29, 1.82) is 0 Å². The summed E-state index contributed by atoms with van der Waals surface area (Å²) in [6.45, 7) is 6.16. The zero-order chi connectivity index (χ0) is 8.27. The van der Waals surface area contributed by atoms with E-state index in [0.717, 1.165) is 12.0 Å². The van der Waals surface area contributed by atoms with E-state index in [1.54, 1.807) is 0 Å². The van der Waals surface area contributed by atoms with Crippen molar-refractivity contribution in [3.63, 3.8) is 0 Å². The minimum atomic E-state index is 0.150. The minimum Gasteiger partial charge on any atom is -0.392 e. The van der Waals surface area contributed by atoms with Crippen molar-refractivity contribution in [3.05, 3.63) is 23.8 Å². The Balaban J connectivity index is 2.47. The molecule has 0 amide bonds. The van der Waals surface area contributed by atoms with Crippen LogP contribution in [0.25, 0.3) is 0 Å². The number of aliphatic hydroxyl groups is 1. The summed E-state index contributed by atoms with van der Waals surface area (Å²) in [5, 5.41) is 8.83. The average Bonchev–Trinajstić information content (AvgIpc) is 2.05. The van der Waals surface area contributed by atoms with Crippen LogP contribution in [0.1, 0.15) is 26.2 Å². The molecule has 1 N–H and O–H groups in total. The van der Waals surface area contributed by atoms with Gasteiger partial charge in [-0.2, -0.15) is 0 Å². The van der Waals surface area contributed by atoms with Gasteiger partial charge in [0.2, 0.25) is 0 Å². The second kappa shape index (κ2) is 3.72. The van der Waals surface area contributed by atoms with Gasteiger partial charge in [-0.3, -0.25) is 0 Å². The van der Waals surface area contributed by atoms with Crippen LogP contribution in [0, 0.1) is 5.92 Å². The molecule has 0 heterocycles. The highest BCUT2D eigenvalue weighted by Gasteiger charge is 2.14. The van der Waals surface area contributed by atoms with Crippen molar-refractivity contribution in [2.24, 2.45) is 5.92 Å². The van der Waals surface area contributed by atoms with Crippen molar-refractivity contribution in [3.8, 4) is 0 Å². The van der Waals surface area contributed by atoms with Gasteiger partial charge < -0.3 is 5.11 Å². The molecule has 11 heavy (non-hydrogen) atoms. The maximum atomic E-state index is 8.83. The first kappa shape index (κ1) is 8.54. The van der Waals surface area contributed by atoms with Gasteiger partial charge >= 0.3 is 0 Å². The molecule has 0 aliphatic heterocycles. The van der Waals surface area contributed by atoms with E-state index in [9.17, 15) is 0 Å². The van der Waals surface area contributed by atoms with Gasteiger partial charge in [0.15, 0.2) is 0 Å². The summed E-state index contributed by atoms with van der Waals surface area (Å²) in [6, 6.07) is 0. The van der Waals surface area contributed by atoms with Gasteiger partial charge in [-0.25, -0.2) is 0 Å². The summed E-state index contributed by atoms with van der Waals surface area (Å²) in [5.41, 5.74) is 2.47. The highest BCUT2D eigenvalue weighted by molar-refractivity contribution is 5.11. The summed E-state index contributed by atoms with van der Waals surface area (Å²) in [4.78, 5) is 0. The fraction of sp³-hybridized carbons (Fsp3) is 0.600. The predicted molar refractivity (Wildman–Crippen MR) is 47.3 cm³/mol. The Bertz CT molecular complexity index is 179. The molecule has 1 rings (SSSR count). The second-order valence-electron chi connectivity index (χ2n) is 3.34. The third-order valence-corrected chi connectivity index (χ3v) is 2.42. The van der Waals surface area contributed by atoms with Gasteiger partial charge in [0, 0.05) is 0 Å². The Morgan fingerprint density at radius 3 is 3.00 bits per heavy atom. The van der Waals surface area contributed by atoms with Crippen LogP contribution >= 0.6 is 0 Å². The number of aliphatic hydroxyl groups excluding tert-OH is 1. The molecule has 0 radical (unpaired) electrons. The van der Waals surface area contributed by atoms with E-state index in [1.807, 2.05) is 0 Å². The molecular formula is C10H16O. The molecule has 0 bridgehead atoms. The lowest BCUT2D eigenvalue weighted by atomic mass is 9.86. The van der Waals surface area contributed by atoms with Crippen LogP contribution in [0.5, 0.6) is 0 Å². The van der Waals surface area contributed by atoms with Gasteiger partial charge in [0.1, 0.15) is 0 Å². The molecule has 0 aromatic heterocycles. The van der Waals surface area contributed by atoms with Crippen molar-refractivity contribution in [2.45, 2.75) is 26.2 Å². The van der Waals surface area contributed by atoms with Crippen LogP contribution in [0.15, 0.2) is 23.8 Å². The van der Waals surface area contributed by atoms with Crippen molar-refractivity contribution < 1.29 is 5.11 Å². The topological polar surface area (TPSA) is 20.2 Å². The van der Waals surface area contributed by atoms with Gasteiger partial charge in [-0.15, -0.1) is 0 Å². The lowest BCUT2D eigenvalue weighted by molar-refractivity contribution is 0.309. The first-order chi connectivity index (χ1) is 5.24. The number of hydrogen-bond donors (Lipinski definition) is 1. The highest BCUT2D eigenvalue weighted by atomic mass is 16.3. The summed E-state index contributed by atoms with van der Waals surface area (Å²) >= 11 is 0. The van der Waals surface area contributed by atoms with E-state index in [0.29, 0.717) is 5.92 Å². The normalized spacial score (nSPS) is 24.5. The Morgan fingerprint density at radius 2 is 2.55 bits per heavy atom. The monoisotopic (exact) mass is 152 g/mol. The van der Waals surface area contributed by atoms with Crippen LogP contribution in [-0.4, -0.2) is 11.7 Å². The Morgan fingerprint density at radius 1 is 1.82 bits per heavy atom. The number of allylic oxidation sites excluding steroid dienone is 2.